The van der Waals surface area contributed by atoms with Gasteiger partial charge in [0.05, 0.1) is 10.7 Å². The second-order valence-electron chi connectivity index (χ2n) is 4.39. The Bertz CT molecular complexity index is 817. The predicted octanol–water partition coefficient (Wildman–Crippen LogP) is 5.27. The number of alkyl halides is 1. The summed E-state index contributed by atoms with van der Waals surface area (Å²) in [7, 11) is 0. The number of imidazole rings is 1. The first-order valence-corrected chi connectivity index (χ1v) is 8.23. The van der Waals surface area contributed by atoms with Crippen LogP contribution in [0.5, 0.6) is 0 Å². The molecule has 0 unspecified atom stereocenters. The minimum absolute atomic E-state index is 0.468. The van der Waals surface area contributed by atoms with E-state index in [0.717, 1.165) is 27.1 Å². The summed E-state index contributed by atoms with van der Waals surface area (Å²) in [5, 5.41) is 1.13. The largest absolute Gasteiger partial charge is 0.279 e. The second kappa shape index (κ2) is 6.13. The Morgan fingerprint density at radius 1 is 1.19 bits per heavy atom. The summed E-state index contributed by atoms with van der Waals surface area (Å²) >= 11 is 21.6. The number of fused-ring (bicyclic) bond motifs is 1. The first-order chi connectivity index (χ1) is 10.1. The fraction of sp³-hybridized carbons (Fsp3) is 0.143. The van der Waals surface area contributed by atoms with Gasteiger partial charge in [-0.05, 0) is 40.2 Å². The number of halogens is 4. The standard InChI is InChI=1S/C14H9BrCl3N3/c15-8-5-11-14(19-7-8)21(13(20-11)3-4-16)12-2-1-9(17)6-10(12)18/h1-2,5-7H,3-4H2. The summed E-state index contributed by atoms with van der Waals surface area (Å²) in [5.41, 5.74) is 2.32. The Balaban J connectivity index is 2.30. The molecule has 2 heterocycles. The lowest BCUT2D eigenvalue weighted by molar-refractivity contribution is 0.905. The first-order valence-electron chi connectivity index (χ1n) is 6.14. The van der Waals surface area contributed by atoms with Crippen molar-refractivity contribution in [1.29, 1.82) is 0 Å². The average molecular weight is 406 g/mol. The van der Waals surface area contributed by atoms with Crippen LogP contribution in [0.3, 0.4) is 0 Å². The van der Waals surface area contributed by atoms with Crippen LogP contribution in [0.15, 0.2) is 34.9 Å². The van der Waals surface area contributed by atoms with E-state index in [1.165, 1.54) is 0 Å². The van der Waals surface area contributed by atoms with Gasteiger partial charge < -0.3 is 0 Å². The number of hydrogen-bond acceptors (Lipinski definition) is 2. The summed E-state index contributed by atoms with van der Waals surface area (Å²) in [6, 6.07) is 7.26. The van der Waals surface area contributed by atoms with Crippen LogP contribution in [0.4, 0.5) is 0 Å². The molecule has 0 radical (unpaired) electrons. The van der Waals surface area contributed by atoms with Crippen LogP contribution >= 0.6 is 50.7 Å². The molecule has 0 fully saturated rings. The summed E-state index contributed by atoms with van der Waals surface area (Å²) in [5.74, 6) is 1.28. The minimum atomic E-state index is 0.468. The molecule has 0 saturated carbocycles. The van der Waals surface area contributed by atoms with E-state index in [0.29, 0.717) is 22.3 Å². The van der Waals surface area contributed by atoms with Crippen LogP contribution < -0.4 is 0 Å². The van der Waals surface area contributed by atoms with E-state index < -0.39 is 0 Å². The molecule has 7 heteroatoms. The van der Waals surface area contributed by atoms with E-state index in [4.69, 9.17) is 34.8 Å². The predicted molar refractivity (Wildman–Crippen MR) is 91.0 cm³/mol. The zero-order chi connectivity index (χ0) is 15.0. The first kappa shape index (κ1) is 15.1. The highest BCUT2D eigenvalue weighted by Gasteiger charge is 2.16. The lowest BCUT2D eigenvalue weighted by atomic mass is 10.3. The van der Waals surface area contributed by atoms with Crippen LogP contribution in [0.2, 0.25) is 10.0 Å². The third kappa shape index (κ3) is 2.90. The minimum Gasteiger partial charge on any atom is -0.279 e. The molecular weight excluding hydrogens is 396 g/mol. The van der Waals surface area contributed by atoms with Gasteiger partial charge in [0.25, 0.3) is 0 Å². The number of aryl methyl sites for hydroxylation is 1. The highest BCUT2D eigenvalue weighted by atomic mass is 79.9. The molecule has 3 rings (SSSR count). The van der Waals surface area contributed by atoms with Gasteiger partial charge in [0.1, 0.15) is 11.3 Å². The van der Waals surface area contributed by atoms with Crippen molar-refractivity contribution < 1.29 is 0 Å². The van der Waals surface area contributed by atoms with E-state index in [-0.39, 0.29) is 0 Å². The Morgan fingerprint density at radius 2 is 2.00 bits per heavy atom. The van der Waals surface area contributed by atoms with Crippen LogP contribution in [0.1, 0.15) is 5.82 Å². The molecule has 0 saturated heterocycles. The van der Waals surface area contributed by atoms with Crippen LogP contribution in [0.25, 0.3) is 16.9 Å². The third-order valence-electron chi connectivity index (χ3n) is 3.00. The molecule has 0 spiro atoms. The fourth-order valence-corrected chi connectivity index (χ4v) is 3.14. The molecule has 2 aromatic heterocycles. The molecule has 1 aromatic carbocycles. The van der Waals surface area contributed by atoms with Crippen molar-refractivity contribution in [3.8, 4) is 5.69 Å². The highest BCUT2D eigenvalue weighted by molar-refractivity contribution is 9.10. The normalized spacial score (nSPS) is 11.2. The molecule has 0 aliphatic carbocycles. The topological polar surface area (TPSA) is 30.7 Å². The molecular formula is C14H9BrCl3N3. The van der Waals surface area contributed by atoms with E-state index >= 15 is 0 Å². The SMILES string of the molecule is ClCCc1nc2cc(Br)cnc2n1-c1ccc(Cl)cc1Cl. The quantitative estimate of drug-likeness (QED) is 0.556. The third-order valence-corrected chi connectivity index (χ3v) is 4.16. The molecule has 0 N–H and O–H groups in total. The molecule has 3 aromatic rings. The van der Waals surface area contributed by atoms with Gasteiger partial charge in [-0.15, -0.1) is 11.6 Å². The monoisotopic (exact) mass is 403 g/mol. The molecule has 21 heavy (non-hydrogen) atoms. The number of benzene rings is 1. The molecule has 0 bridgehead atoms. The van der Waals surface area contributed by atoms with E-state index in [9.17, 15) is 0 Å². The van der Waals surface area contributed by atoms with Crippen LogP contribution in [0, 0.1) is 0 Å². The van der Waals surface area contributed by atoms with Gasteiger partial charge in [-0.1, -0.05) is 23.2 Å². The second-order valence-corrected chi connectivity index (χ2v) is 6.53. The molecule has 108 valence electrons. The van der Waals surface area contributed by atoms with Crippen molar-refractivity contribution in [3.63, 3.8) is 0 Å². The Labute approximate surface area is 145 Å². The summed E-state index contributed by atoms with van der Waals surface area (Å²) in [4.78, 5) is 9.04. The Morgan fingerprint density at radius 3 is 2.71 bits per heavy atom. The van der Waals surface area contributed by atoms with Gasteiger partial charge in [0.2, 0.25) is 0 Å². The van der Waals surface area contributed by atoms with Crippen molar-refractivity contribution in [3.05, 3.63) is 50.8 Å². The van der Waals surface area contributed by atoms with Crippen LogP contribution in [-0.4, -0.2) is 20.4 Å². The maximum Gasteiger partial charge on any atom is 0.164 e. The van der Waals surface area contributed by atoms with Gasteiger partial charge in [0.15, 0.2) is 5.65 Å². The van der Waals surface area contributed by atoms with E-state index in [1.807, 2.05) is 16.7 Å². The summed E-state index contributed by atoms with van der Waals surface area (Å²) < 4.78 is 2.79. The van der Waals surface area contributed by atoms with Crippen molar-refractivity contribution >= 4 is 61.9 Å². The molecule has 0 amide bonds. The molecule has 0 atom stereocenters. The van der Waals surface area contributed by atoms with Crippen molar-refractivity contribution in [1.82, 2.24) is 14.5 Å². The zero-order valence-corrected chi connectivity index (χ0v) is 14.5. The smallest absolute Gasteiger partial charge is 0.164 e. The number of hydrogen-bond donors (Lipinski definition) is 0. The zero-order valence-electron chi connectivity index (χ0n) is 10.7. The number of nitrogens with zero attached hydrogens (tertiary/aromatic N) is 3. The number of pyridine rings is 1. The fourth-order valence-electron chi connectivity index (χ4n) is 2.16. The Kier molecular flexibility index (Phi) is 4.41. The average Bonchev–Trinajstić information content (AvgIpc) is 2.76. The van der Waals surface area contributed by atoms with E-state index in [2.05, 4.69) is 25.9 Å². The number of aromatic nitrogens is 3. The van der Waals surface area contributed by atoms with Crippen molar-refractivity contribution in [2.45, 2.75) is 6.42 Å². The molecule has 0 aliphatic heterocycles. The van der Waals surface area contributed by atoms with Gasteiger partial charge in [-0.3, -0.25) is 4.57 Å². The van der Waals surface area contributed by atoms with Gasteiger partial charge in [-0.25, -0.2) is 9.97 Å². The molecule has 3 nitrogen and oxygen atoms in total. The lowest BCUT2D eigenvalue weighted by Gasteiger charge is -2.10. The van der Waals surface area contributed by atoms with Gasteiger partial charge in [-0.2, -0.15) is 0 Å². The van der Waals surface area contributed by atoms with Crippen molar-refractivity contribution in [2.24, 2.45) is 0 Å². The maximum atomic E-state index is 6.32. The maximum absolute atomic E-state index is 6.32. The Hall–Kier alpha value is -0.810. The van der Waals surface area contributed by atoms with Gasteiger partial charge in [0, 0.05) is 28.0 Å². The number of rotatable bonds is 3. The molecule has 0 aliphatic rings. The summed E-state index contributed by atoms with van der Waals surface area (Å²) in [6.45, 7) is 0. The van der Waals surface area contributed by atoms with Gasteiger partial charge >= 0.3 is 0 Å². The van der Waals surface area contributed by atoms with E-state index in [1.54, 1.807) is 18.3 Å². The highest BCUT2D eigenvalue weighted by Crippen LogP contribution is 2.29. The lowest BCUT2D eigenvalue weighted by Crippen LogP contribution is -2.03. The van der Waals surface area contributed by atoms with Crippen molar-refractivity contribution in [2.75, 3.05) is 5.88 Å². The summed E-state index contributed by atoms with van der Waals surface area (Å²) in [6.07, 6.45) is 2.35. The van der Waals surface area contributed by atoms with Crippen LogP contribution in [-0.2, 0) is 6.42 Å².